The van der Waals surface area contributed by atoms with E-state index in [1.807, 2.05) is 18.2 Å². The highest BCUT2D eigenvalue weighted by atomic mass is 31.2. The van der Waals surface area contributed by atoms with Crippen LogP contribution in [-0.4, -0.2) is 26.7 Å². The molecule has 28 heavy (non-hydrogen) atoms. The summed E-state index contributed by atoms with van der Waals surface area (Å²) in [6, 6.07) is 6.04. The van der Waals surface area contributed by atoms with Crippen LogP contribution in [0.3, 0.4) is 0 Å². The van der Waals surface area contributed by atoms with Gasteiger partial charge in [0.15, 0.2) is 5.59 Å². The van der Waals surface area contributed by atoms with E-state index in [1.165, 1.54) is 0 Å². The minimum atomic E-state index is -2.79. The van der Waals surface area contributed by atoms with Crippen molar-refractivity contribution < 1.29 is 14.0 Å². The summed E-state index contributed by atoms with van der Waals surface area (Å²) in [6.45, 7) is 25.6. The van der Waals surface area contributed by atoms with Gasteiger partial charge in [-0.1, -0.05) is 68.4 Å². The number of hydrogen-bond donors (Lipinski definition) is 0. The van der Waals surface area contributed by atoms with Gasteiger partial charge >= 0.3 is 0 Å². The Morgan fingerprint density at radius 2 is 1.39 bits per heavy atom. The second-order valence-electron chi connectivity index (χ2n) is 11.8. The van der Waals surface area contributed by atoms with Crippen LogP contribution >= 0.6 is 15.1 Å². The second kappa shape index (κ2) is 7.02. The quantitative estimate of drug-likeness (QED) is 0.462. The van der Waals surface area contributed by atoms with Crippen LogP contribution < -0.4 is 14.8 Å². The zero-order chi connectivity index (χ0) is 21.9. The minimum absolute atomic E-state index is 0.0608. The third-order valence-electron chi connectivity index (χ3n) is 5.10. The van der Waals surface area contributed by atoms with Gasteiger partial charge in [0.2, 0.25) is 0 Å². The Balaban J connectivity index is 2.76. The summed E-state index contributed by atoms with van der Waals surface area (Å²) in [6.07, 6.45) is 0. The fourth-order valence-corrected chi connectivity index (χ4v) is 15.0. The van der Waals surface area contributed by atoms with Gasteiger partial charge in [-0.15, -0.1) is 0 Å². The lowest BCUT2D eigenvalue weighted by atomic mass is 10.2. The molecule has 0 bridgehead atoms. The smallest absolute Gasteiger partial charge is 0.174 e. The van der Waals surface area contributed by atoms with Gasteiger partial charge in [-0.3, -0.25) is 0 Å². The number of hydrogen-bond acceptors (Lipinski definition) is 3. The Morgan fingerprint density at radius 1 is 0.893 bits per heavy atom. The Labute approximate surface area is 174 Å². The standard InChI is InChI=1S/C23H40O3P2/c1-20(2,3)26-17-15-13-14-16-18(17)27(21(4,5)6)19(25-16)28(24,22(7,8)9)23(10,11)12/h13-15,19H,1-12H3/t19-,27?/m1/s1. The van der Waals surface area contributed by atoms with Gasteiger partial charge in [-0.25, -0.2) is 0 Å². The van der Waals surface area contributed by atoms with Crippen LogP contribution in [0.2, 0.25) is 0 Å². The van der Waals surface area contributed by atoms with Crippen molar-refractivity contribution in [1.82, 2.24) is 0 Å². The molecule has 1 heterocycles. The predicted molar refractivity (Wildman–Crippen MR) is 125 cm³/mol. The molecular weight excluding hydrogens is 386 g/mol. The molecule has 0 saturated carbocycles. The second-order valence-corrected chi connectivity index (χ2v) is 19.7. The molecule has 0 radical (unpaired) electrons. The van der Waals surface area contributed by atoms with E-state index in [1.54, 1.807) is 0 Å². The largest absolute Gasteiger partial charge is 0.487 e. The fraction of sp³-hybridized carbons (Fsp3) is 0.739. The number of rotatable bonds is 2. The van der Waals surface area contributed by atoms with Gasteiger partial charge < -0.3 is 14.0 Å². The van der Waals surface area contributed by atoms with Crippen LogP contribution in [0.5, 0.6) is 11.5 Å². The van der Waals surface area contributed by atoms with Gasteiger partial charge in [-0.2, -0.15) is 0 Å². The normalized spacial score (nSPS) is 21.3. The number of ether oxygens (including phenoxy) is 2. The molecule has 0 fully saturated rings. The average Bonchev–Trinajstić information content (AvgIpc) is 2.82. The zero-order valence-electron chi connectivity index (χ0n) is 19.9. The van der Waals surface area contributed by atoms with Gasteiger partial charge in [0, 0.05) is 10.3 Å². The van der Waals surface area contributed by atoms with E-state index in [2.05, 4.69) is 83.1 Å². The summed E-state index contributed by atoms with van der Waals surface area (Å²) in [4.78, 5) is 0. The molecule has 1 aromatic rings. The van der Waals surface area contributed by atoms with Crippen LogP contribution in [0, 0.1) is 0 Å². The molecule has 0 aliphatic carbocycles. The van der Waals surface area contributed by atoms with Crippen LogP contribution in [0.4, 0.5) is 0 Å². The van der Waals surface area contributed by atoms with E-state index >= 15 is 0 Å². The third-order valence-corrected chi connectivity index (χ3v) is 14.4. The van der Waals surface area contributed by atoms with Crippen LogP contribution in [0.25, 0.3) is 0 Å². The minimum Gasteiger partial charge on any atom is -0.487 e. The van der Waals surface area contributed by atoms with Crippen molar-refractivity contribution in [3.05, 3.63) is 18.2 Å². The summed E-state index contributed by atoms with van der Waals surface area (Å²) in [5, 5.41) is 0.372. The van der Waals surface area contributed by atoms with E-state index in [0.29, 0.717) is 0 Å². The summed E-state index contributed by atoms with van der Waals surface area (Å²) in [5.41, 5.74) is -0.605. The number of benzene rings is 1. The maximum atomic E-state index is 14.8. The molecule has 0 saturated heterocycles. The van der Waals surface area contributed by atoms with Crippen LogP contribution in [0.15, 0.2) is 18.2 Å². The molecule has 160 valence electrons. The summed E-state index contributed by atoms with van der Waals surface area (Å²) in [7, 11) is -3.66. The van der Waals surface area contributed by atoms with Gasteiger partial charge in [-0.05, 0) is 46.0 Å². The van der Waals surface area contributed by atoms with Crippen molar-refractivity contribution in [3.63, 3.8) is 0 Å². The topological polar surface area (TPSA) is 35.5 Å². The van der Waals surface area contributed by atoms with Gasteiger partial charge in [0.05, 0.1) is 5.30 Å². The molecular formula is C23H40O3P2. The first-order valence-electron chi connectivity index (χ1n) is 10.2. The summed E-state index contributed by atoms with van der Waals surface area (Å²) < 4.78 is 27.8. The van der Waals surface area contributed by atoms with Crippen LogP contribution in [-0.2, 0) is 4.57 Å². The van der Waals surface area contributed by atoms with Crippen molar-refractivity contribution in [2.45, 2.75) is 110 Å². The first-order valence-corrected chi connectivity index (χ1v) is 13.4. The molecule has 2 rings (SSSR count). The Bertz CT molecular complexity index is 753. The van der Waals surface area contributed by atoms with E-state index in [9.17, 15) is 4.57 Å². The van der Waals surface area contributed by atoms with Crippen LogP contribution in [0.1, 0.15) is 83.1 Å². The van der Waals surface area contributed by atoms with Gasteiger partial charge in [0.25, 0.3) is 0 Å². The molecule has 1 unspecified atom stereocenters. The van der Waals surface area contributed by atoms with E-state index in [0.717, 1.165) is 16.8 Å². The molecule has 1 aliphatic rings. The van der Waals surface area contributed by atoms with Gasteiger partial charge in [0.1, 0.15) is 24.2 Å². The van der Waals surface area contributed by atoms with Crippen molar-refractivity contribution in [3.8, 4) is 11.5 Å². The van der Waals surface area contributed by atoms with E-state index < -0.39 is 15.1 Å². The maximum Gasteiger partial charge on any atom is 0.174 e. The molecule has 2 atom stereocenters. The highest BCUT2D eigenvalue weighted by Gasteiger charge is 2.60. The molecule has 1 aromatic carbocycles. The number of fused-ring (bicyclic) bond motifs is 1. The molecule has 0 spiro atoms. The highest BCUT2D eigenvalue weighted by molar-refractivity contribution is 7.84. The zero-order valence-corrected chi connectivity index (χ0v) is 21.7. The Kier molecular flexibility index (Phi) is 5.96. The monoisotopic (exact) mass is 426 g/mol. The molecule has 0 N–H and O–H groups in total. The van der Waals surface area contributed by atoms with Crippen molar-refractivity contribution >= 4 is 20.4 Å². The molecule has 5 heteroatoms. The third kappa shape index (κ3) is 4.17. The first kappa shape index (κ1) is 23.8. The van der Waals surface area contributed by atoms with Crippen molar-refractivity contribution in [2.24, 2.45) is 0 Å². The van der Waals surface area contributed by atoms with Crippen molar-refractivity contribution in [2.75, 3.05) is 0 Å². The summed E-state index contributed by atoms with van der Waals surface area (Å²) >= 11 is 0. The molecule has 0 amide bonds. The fourth-order valence-electron chi connectivity index (χ4n) is 4.10. The van der Waals surface area contributed by atoms with E-state index in [4.69, 9.17) is 9.47 Å². The maximum absolute atomic E-state index is 14.8. The first-order chi connectivity index (χ1) is 12.3. The lowest BCUT2D eigenvalue weighted by Crippen LogP contribution is -2.38. The average molecular weight is 427 g/mol. The lowest BCUT2D eigenvalue weighted by Gasteiger charge is -2.47. The Morgan fingerprint density at radius 3 is 1.79 bits per heavy atom. The molecule has 0 aromatic heterocycles. The molecule has 1 aliphatic heterocycles. The SMILES string of the molecule is CC(C)(C)Oc1cccc2c1P(C(C)(C)C)[C@H](P(=O)(C(C)(C)C)C(C)(C)C)O2. The predicted octanol–water partition coefficient (Wildman–Crippen LogP) is 7.41. The Hall–Kier alpha value is -0.520. The summed E-state index contributed by atoms with van der Waals surface area (Å²) in [5.74, 6) is 1.73. The lowest BCUT2D eigenvalue weighted by molar-refractivity contribution is 0.132. The van der Waals surface area contributed by atoms with Crippen molar-refractivity contribution in [1.29, 1.82) is 0 Å². The highest BCUT2D eigenvalue weighted by Crippen LogP contribution is 2.80. The van der Waals surface area contributed by atoms with E-state index in [-0.39, 0.29) is 26.7 Å². The molecule has 3 nitrogen and oxygen atoms in total.